The molecule has 0 aromatic heterocycles. The number of nitrogens with two attached hydrogens (primary N) is 1. The van der Waals surface area contributed by atoms with Crippen LogP contribution in [0.5, 0.6) is 0 Å². The van der Waals surface area contributed by atoms with E-state index in [1.807, 2.05) is 6.07 Å². The van der Waals surface area contributed by atoms with Gasteiger partial charge < -0.3 is 11.1 Å². The Kier molecular flexibility index (Phi) is 5.09. The maximum atomic E-state index is 12.2. The van der Waals surface area contributed by atoms with Crippen LogP contribution in [0.4, 0.5) is 0 Å². The summed E-state index contributed by atoms with van der Waals surface area (Å²) in [5.74, 6) is -1.63. The van der Waals surface area contributed by atoms with Crippen molar-refractivity contribution in [1.82, 2.24) is 5.32 Å². The molecule has 1 saturated carbocycles. The number of hydrogen-bond acceptors (Lipinski definition) is 3. The summed E-state index contributed by atoms with van der Waals surface area (Å²) in [6, 6.07) is 8.80. The second kappa shape index (κ2) is 7.02. The van der Waals surface area contributed by atoms with E-state index in [0.717, 1.165) is 12.8 Å². The lowest BCUT2D eigenvalue weighted by atomic mass is 9.78. The monoisotopic (exact) mass is 288 g/mol. The molecule has 1 aliphatic carbocycles. The van der Waals surface area contributed by atoms with Gasteiger partial charge in [-0.15, -0.1) is 0 Å². The highest BCUT2D eigenvalue weighted by Crippen LogP contribution is 2.29. The Morgan fingerprint density at radius 2 is 1.67 bits per heavy atom. The molecule has 0 saturated heterocycles. The molecule has 0 aliphatic heterocycles. The van der Waals surface area contributed by atoms with Crippen LogP contribution in [0, 0.1) is 11.8 Å². The van der Waals surface area contributed by atoms with Crippen LogP contribution in [0.25, 0.3) is 0 Å². The van der Waals surface area contributed by atoms with Gasteiger partial charge in [0.15, 0.2) is 5.78 Å². The van der Waals surface area contributed by atoms with Crippen molar-refractivity contribution in [2.75, 3.05) is 6.54 Å². The van der Waals surface area contributed by atoms with E-state index in [4.69, 9.17) is 5.73 Å². The molecular weight excluding hydrogens is 268 g/mol. The topological polar surface area (TPSA) is 89.3 Å². The number of ketones is 1. The molecule has 1 aromatic rings. The maximum Gasteiger partial charge on any atom is 0.224 e. The van der Waals surface area contributed by atoms with Gasteiger partial charge in [0.05, 0.1) is 6.54 Å². The molecule has 5 heteroatoms. The molecule has 3 N–H and O–H groups in total. The fraction of sp³-hybridized carbons (Fsp3) is 0.438. The number of rotatable bonds is 5. The van der Waals surface area contributed by atoms with Gasteiger partial charge in [0.2, 0.25) is 11.8 Å². The molecular formula is C16H20N2O3. The predicted octanol–water partition coefficient (Wildman–Crippen LogP) is 1.28. The van der Waals surface area contributed by atoms with E-state index in [2.05, 4.69) is 5.32 Å². The summed E-state index contributed by atoms with van der Waals surface area (Å²) in [6.45, 7) is -0.0508. The number of carbonyl (C=O) groups is 3. The van der Waals surface area contributed by atoms with Gasteiger partial charge in [-0.1, -0.05) is 43.2 Å². The van der Waals surface area contributed by atoms with Gasteiger partial charge in [0, 0.05) is 17.4 Å². The van der Waals surface area contributed by atoms with E-state index in [9.17, 15) is 14.4 Å². The van der Waals surface area contributed by atoms with Crippen LogP contribution in [0.2, 0.25) is 0 Å². The van der Waals surface area contributed by atoms with Gasteiger partial charge in [-0.25, -0.2) is 0 Å². The molecule has 0 bridgehead atoms. The predicted molar refractivity (Wildman–Crippen MR) is 78.4 cm³/mol. The minimum Gasteiger partial charge on any atom is -0.369 e. The van der Waals surface area contributed by atoms with Crippen LogP contribution in [0.1, 0.15) is 36.0 Å². The molecule has 2 rings (SSSR count). The van der Waals surface area contributed by atoms with Gasteiger partial charge in [-0.3, -0.25) is 14.4 Å². The molecule has 5 nitrogen and oxygen atoms in total. The normalized spacial score (nSPS) is 21.5. The molecule has 112 valence electrons. The highest BCUT2D eigenvalue weighted by atomic mass is 16.2. The summed E-state index contributed by atoms with van der Waals surface area (Å²) < 4.78 is 0. The first-order valence-electron chi connectivity index (χ1n) is 7.25. The molecule has 1 fully saturated rings. The molecule has 0 spiro atoms. The number of benzene rings is 1. The molecule has 1 aliphatic rings. The average molecular weight is 288 g/mol. The fourth-order valence-electron chi connectivity index (χ4n) is 2.81. The summed E-state index contributed by atoms with van der Waals surface area (Å²) in [5, 5.41) is 2.64. The number of carbonyl (C=O) groups excluding carboxylic acids is 3. The van der Waals surface area contributed by atoms with Crippen LogP contribution in [0.15, 0.2) is 30.3 Å². The largest absolute Gasteiger partial charge is 0.369 e. The lowest BCUT2D eigenvalue weighted by Gasteiger charge is -2.28. The van der Waals surface area contributed by atoms with Crippen LogP contribution < -0.4 is 11.1 Å². The molecule has 0 radical (unpaired) electrons. The highest BCUT2D eigenvalue weighted by Gasteiger charge is 2.34. The number of hydrogen-bond donors (Lipinski definition) is 2. The van der Waals surface area contributed by atoms with Crippen molar-refractivity contribution in [1.29, 1.82) is 0 Å². The van der Waals surface area contributed by atoms with E-state index < -0.39 is 17.7 Å². The van der Waals surface area contributed by atoms with Crippen LogP contribution >= 0.6 is 0 Å². The van der Waals surface area contributed by atoms with Crippen LogP contribution in [0.3, 0.4) is 0 Å². The zero-order chi connectivity index (χ0) is 15.2. The summed E-state index contributed by atoms with van der Waals surface area (Å²) in [7, 11) is 0. The zero-order valence-electron chi connectivity index (χ0n) is 11.9. The van der Waals surface area contributed by atoms with E-state index in [1.54, 1.807) is 24.3 Å². The molecule has 2 amide bonds. The fourth-order valence-corrected chi connectivity index (χ4v) is 2.81. The van der Waals surface area contributed by atoms with Gasteiger partial charge in [-0.2, -0.15) is 0 Å². The van der Waals surface area contributed by atoms with Crippen molar-refractivity contribution in [3.8, 4) is 0 Å². The van der Waals surface area contributed by atoms with Crippen molar-refractivity contribution in [3.63, 3.8) is 0 Å². The molecule has 2 atom stereocenters. The van der Waals surface area contributed by atoms with Crippen molar-refractivity contribution in [2.45, 2.75) is 25.7 Å². The minimum atomic E-state index is -0.427. The summed E-state index contributed by atoms with van der Waals surface area (Å²) in [5.41, 5.74) is 5.92. The Morgan fingerprint density at radius 3 is 2.29 bits per heavy atom. The lowest BCUT2D eigenvalue weighted by molar-refractivity contribution is -0.134. The maximum absolute atomic E-state index is 12.2. The van der Waals surface area contributed by atoms with Crippen molar-refractivity contribution in [2.24, 2.45) is 17.6 Å². The lowest BCUT2D eigenvalue weighted by Crippen LogP contribution is -2.43. The van der Waals surface area contributed by atoms with E-state index >= 15 is 0 Å². The third kappa shape index (κ3) is 3.90. The Morgan fingerprint density at radius 1 is 1.05 bits per heavy atom. The third-order valence-corrected chi connectivity index (χ3v) is 3.99. The number of amides is 2. The van der Waals surface area contributed by atoms with Crippen molar-refractivity contribution in [3.05, 3.63) is 35.9 Å². The SMILES string of the molecule is NC(=O)[C@H]1CCCC[C@H]1C(=O)NCC(=O)c1ccccc1. The van der Waals surface area contributed by atoms with E-state index in [-0.39, 0.29) is 18.2 Å². The standard InChI is InChI=1S/C16H20N2O3/c17-15(20)12-8-4-5-9-13(12)16(21)18-10-14(19)11-6-2-1-3-7-11/h1-3,6-7,12-13H,4-5,8-10H2,(H2,17,20)(H,18,21)/t12-,13+/m0/s1. The highest BCUT2D eigenvalue weighted by molar-refractivity contribution is 5.99. The second-order valence-corrected chi connectivity index (χ2v) is 5.41. The Hall–Kier alpha value is -2.17. The third-order valence-electron chi connectivity index (χ3n) is 3.99. The van der Waals surface area contributed by atoms with E-state index in [0.29, 0.717) is 18.4 Å². The molecule has 21 heavy (non-hydrogen) atoms. The Balaban J connectivity index is 1.92. The van der Waals surface area contributed by atoms with Gasteiger partial charge in [0.1, 0.15) is 0 Å². The summed E-state index contributed by atoms with van der Waals surface area (Å²) >= 11 is 0. The van der Waals surface area contributed by atoms with E-state index in [1.165, 1.54) is 0 Å². The zero-order valence-corrected chi connectivity index (χ0v) is 11.9. The van der Waals surface area contributed by atoms with Gasteiger partial charge >= 0.3 is 0 Å². The number of Topliss-reactive ketones (excluding diaryl/α,β-unsaturated/α-hetero) is 1. The average Bonchev–Trinajstić information content (AvgIpc) is 2.53. The van der Waals surface area contributed by atoms with Gasteiger partial charge in [0.25, 0.3) is 0 Å². The summed E-state index contributed by atoms with van der Waals surface area (Å²) in [4.78, 5) is 35.5. The molecule has 0 unspecified atom stereocenters. The van der Waals surface area contributed by atoms with Gasteiger partial charge in [-0.05, 0) is 12.8 Å². The Labute approximate surface area is 123 Å². The number of primary amides is 1. The minimum absolute atomic E-state index is 0.0508. The van der Waals surface area contributed by atoms with Crippen LogP contribution in [-0.2, 0) is 9.59 Å². The van der Waals surface area contributed by atoms with Crippen molar-refractivity contribution < 1.29 is 14.4 Å². The second-order valence-electron chi connectivity index (χ2n) is 5.41. The first-order valence-corrected chi connectivity index (χ1v) is 7.25. The molecule has 1 aromatic carbocycles. The first-order chi connectivity index (χ1) is 10.1. The number of nitrogens with one attached hydrogen (secondary N) is 1. The van der Waals surface area contributed by atoms with Crippen molar-refractivity contribution >= 4 is 17.6 Å². The summed E-state index contributed by atoms with van der Waals surface area (Å²) in [6.07, 6.45) is 3.13. The quantitative estimate of drug-likeness (QED) is 0.800. The van der Waals surface area contributed by atoms with Crippen LogP contribution in [-0.4, -0.2) is 24.1 Å². The molecule has 0 heterocycles. The first kappa shape index (κ1) is 15.2. The smallest absolute Gasteiger partial charge is 0.224 e. The Bertz CT molecular complexity index is 528.